The monoisotopic (exact) mass is 484 g/mol. The molecule has 0 unspecified atom stereocenters. The Kier molecular flexibility index (Phi) is 5.58. The number of ether oxygens (including phenoxy) is 1. The second-order valence-corrected chi connectivity index (χ2v) is 8.76. The summed E-state index contributed by atoms with van der Waals surface area (Å²) in [5.41, 5.74) is -0.585. The second kappa shape index (κ2) is 8.40. The minimum absolute atomic E-state index is 0.0101. The van der Waals surface area contributed by atoms with E-state index < -0.39 is 36.1 Å². The van der Waals surface area contributed by atoms with E-state index in [1.54, 1.807) is 35.1 Å². The van der Waals surface area contributed by atoms with Crippen LogP contribution in [0, 0.1) is 27.2 Å². The Bertz CT molecular complexity index is 1500. The van der Waals surface area contributed by atoms with E-state index in [2.05, 4.69) is 14.7 Å². The number of imidazole rings is 1. The maximum Gasteiger partial charge on any atom is 0.280 e. The van der Waals surface area contributed by atoms with E-state index in [4.69, 9.17) is 4.74 Å². The molecule has 0 spiro atoms. The lowest BCUT2D eigenvalue weighted by Gasteiger charge is -2.13. The van der Waals surface area contributed by atoms with Gasteiger partial charge in [0, 0.05) is 36.3 Å². The molecule has 0 bridgehead atoms. The number of anilines is 1. The van der Waals surface area contributed by atoms with Crippen LogP contribution in [-0.2, 0) is 10.0 Å². The van der Waals surface area contributed by atoms with Crippen molar-refractivity contribution in [1.29, 1.82) is 0 Å². The molecule has 2 aromatic heterocycles. The molecule has 0 saturated carbocycles. The average molecular weight is 484 g/mol. The molecule has 0 aliphatic heterocycles. The highest BCUT2D eigenvalue weighted by atomic mass is 32.2. The SMILES string of the molecule is COc1ccc(-c2cn3cccnc3n2)cc1NS(=O)(=O)c1cc([N+](=O)[O-])c(C)c([N+](=O)[O-])c1. The molecular formula is C20H16N6O7S. The Morgan fingerprint density at radius 3 is 2.35 bits per heavy atom. The summed E-state index contributed by atoms with van der Waals surface area (Å²) in [7, 11) is -3.14. The first-order valence-electron chi connectivity index (χ1n) is 9.55. The van der Waals surface area contributed by atoms with E-state index in [0.29, 0.717) is 17.0 Å². The molecule has 0 fully saturated rings. The summed E-state index contributed by atoms with van der Waals surface area (Å²) in [6, 6.07) is 7.93. The zero-order valence-corrected chi connectivity index (χ0v) is 18.5. The van der Waals surface area contributed by atoms with Gasteiger partial charge in [-0.2, -0.15) is 0 Å². The number of methoxy groups -OCH3 is 1. The number of hydrogen-bond acceptors (Lipinski definition) is 9. The van der Waals surface area contributed by atoms with Crippen molar-refractivity contribution in [3.63, 3.8) is 0 Å². The number of rotatable bonds is 7. The second-order valence-electron chi connectivity index (χ2n) is 7.07. The lowest BCUT2D eigenvalue weighted by atomic mass is 10.1. The maximum absolute atomic E-state index is 13.1. The fraction of sp³-hybridized carbons (Fsp3) is 0.100. The van der Waals surface area contributed by atoms with E-state index in [-0.39, 0.29) is 17.0 Å². The van der Waals surface area contributed by atoms with E-state index >= 15 is 0 Å². The van der Waals surface area contributed by atoms with Gasteiger partial charge < -0.3 is 4.74 Å². The first-order valence-corrected chi connectivity index (χ1v) is 11.0. The molecule has 34 heavy (non-hydrogen) atoms. The Morgan fingerprint density at radius 2 is 1.76 bits per heavy atom. The molecular weight excluding hydrogens is 468 g/mol. The molecule has 0 amide bonds. The van der Waals surface area contributed by atoms with Crippen molar-refractivity contribution in [2.75, 3.05) is 11.8 Å². The number of hydrogen-bond donors (Lipinski definition) is 1. The van der Waals surface area contributed by atoms with Gasteiger partial charge in [0.1, 0.15) is 16.2 Å². The van der Waals surface area contributed by atoms with E-state index in [9.17, 15) is 28.6 Å². The van der Waals surface area contributed by atoms with E-state index in [0.717, 1.165) is 12.1 Å². The highest BCUT2D eigenvalue weighted by molar-refractivity contribution is 7.92. The van der Waals surface area contributed by atoms with Gasteiger partial charge in [0.05, 0.1) is 28.3 Å². The third-order valence-electron chi connectivity index (χ3n) is 5.01. The van der Waals surface area contributed by atoms with Gasteiger partial charge in [-0.05, 0) is 31.2 Å². The first kappa shape index (κ1) is 22.6. The normalized spacial score (nSPS) is 11.4. The van der Waals surface area contributed by atoms with Gasteiger partial charge in [0.25, 0.3) is 21.4 Å². The molecule has 174 valence electrons. The van der Waals surface area contributed by atoms with Gasteiger partial charge in [0.15, 0.2) is 0 Å². The van der Waals surface area contributed by atoms with Crippen molar-refractivity contribution >= 4 is 32.9 Å². The zero-order valence-electron chi connectivity index (χ0n) is 17.7. The Hall–Kier alpha value is -4.59. The summed E-state index contributed by atoms with van der Waals surface area (Å²) in [6.45, 7) is 1.18. The lowest BCUT2D eigenvalue weighted by molar-refractivity contribution is -0.395. The fourth-order valence-electron chi connectivity index (χ4n) is 3.31. The third kappa shape index (κ3) is 4.09. The van der Waals surface area contributed by atoms with Crippen LogP contribution in [0.2, 0.25) is 0 Å². The average Bonchev–Trinajstić information content (AvgIpc) is 3.22. The third-order valence-corrected chi connectivity index (χ3v) is 6.35. The van der Waals surface area contributed by atoms with Crippen molar-refractivity contribution in [3.8, 4) is 17.0 Å². The number of sulfonamides is 1. The molecule has 0 saturated heterocycles. The van der Waals surface area contributed by atoms with Gasteiger partial charge in [-0.1, -0.05) is 0 Å². The Morgan fingerprint density at radius 1 is 1.09 bits per heavy atom. The van der Waals surface area contributed by atoms with Gasteiger partial charge >= 0.3 is 0 Å². The highest BCUT2D eigenvalue weighted by Crippen LogP contribution is 2.35. The molecule has 2 heterocycles. The highest BCUT2D eigenvalue weighted by Gasteiger charge is 2.28. The van der Waals surface area contributed by atoms with Crippen LogP contribution in [0.1, 0.15) is 5.56 Å². The summed E-state index contributed by atoms with van der Waals surface area (Å²) < 4.78 is 35.4. The molecule has 0 atom stereocenters. The number of fused-ring (bicyclic) bond motifs is 1. The predicted molar refractivity (Wildman–Crippen MR) is 120 cm³/mol. The predicted octanol–water partition coefficient (Wildman–Crippen LogP) is 3.33. The van der Waals surface area contributed by atoms with Gasteiger partial charge in [0.2, 0.25) is 5.78 Å². The minimum Gasteiger partial charge on any atom is -0.495 e. The smallest absolute Gasteiger partial charge is 0.280 e. The number of nitrogens with one attached hydrogen (secondary N) is 1. The van der Waals surface area contributed by atoms with Crippen LogP contribution in [0.15, 0.2) is 59.9 Å². The summed E-state index contributed by atoms with van der Waals surface area (Å²) in [5, 5.41) is 22.7. The van der Waals surface area contributed by atoms with Crippen molar-refractivity contribution in [1.82, 2.24) is 14.4 Å². The van der Waals surface area contributed by atoms with Crippen molar-refractivity contribution < 1.29 is 23.0 Å². The maximum atomic E-state index is 13.1. The Labute approximate surface area is 192 Å². The molecule has 0 aliphatic rings. The summed E-state index contributed by atoms with van der Waals surface area (Å²) in [5.74, 6) is 0.597. The number of aromatic nitrogens is 3. The van der Waals surface area contributed by atoms with Crippen LogP contribution in [0.3, 0.4) is 0 Å². The van der Waals surface area contributed by atoms with Gasteiger partial charge in [-0.3, -0.25) is 29.4 Å². The lowest BCUT2D eigenvalue weighted by Crippen LogP contribution is -2.15. The van der Waals surface area contributed by atoms with Crippen LogP contribution in [0.4, 0.5) is 17.1 Å². The van der Waals surface area contributed by atoms with E-state index in [1.165, 1.54) is 26.2 Å². The molecule has 1 N–H and O–H groups in total. The zero-order chi connectivity index (χ0) is 24.6. The van der Waals surface area contributed by atoms with Gasteiger partial charge in [-0.25, -0.2) is 18.4 Å². The molecule has 14 heteroatoms. The summed E-state index contributed by atoms with van der Waals surface area (Å²) in [6.07, 6.45) is 5.04. The van der Waals surface area contributed by atoms with Crippen LogP contribution in [-0.4, -0.2) is 39.7 Å². The molecule has 4 aromatic rings. The molecule has 2 aromatic carbocycles. The number of benzene rings is 2. The standard InChI is InChI=1S/C20H16N6O7S/c1-12-17(25(27)28)9-14(10-18(12)26(29)30)34(31,32)23-15-8-13(4-5-19(15)33-2)16-11-24-7-3-6-21-20(24)22-16/h3-11,23H,1-2H3. The minimum atomic E-state index is -4.48. The van der Waals surface area contributed by atoms with Crippen molar-refractivity contribution in [2.45, 2.75) is 11.8 Å². The number of nitro benzene ring substituents is 2. The molecule has 4 rings (SSSR count). The molecule has 13 nitrogen and oxygen atoms in total. The first-order chi connectivity index (χ1) is 16.1. The number of nitrogens with zero attached hydrogens (tertiary/aromatic N) is 5. The largest absolute Gasteiger partial charge is 0.495 e. The van der Waals surface area contributed by atoms with Crippen LogP contribution in [0.5, 0.6) is 5.75 Å². The summed E-state index contributed by atoms with van der Waals surface area (Å²) >= 11 is 0. The topological polar surface area (TPSA) is 172 Å². The van der Waals surface area contributed by atoms with Crippen LogP contribution in [0.25, 0.3) is 17.0 Å². The fourth-order valence-corrected chi connectivity index (χ4v) is 4.41. The van der Waals surface area contributed by atoms with Gasteiger partial charge in [-0.15, -0.1) is 0 Å². The van der Waals surface area contributed by atoms with Crippen LogP contribution >= 0.6 is 0 Å². The van der Waals surface area contributed by atoms with Crippen molar-refractivity contribution in [2.24, 2.45) is 0 Å². The van der Waals surface area contributed by atoms with E-state index in [1.807, 2.05) is 0 Å². The van der Waals surface area contributed by atoms with Crippen molar-refractivity contribution in [3.05, 3.63) is 80.8 Å². The number of nitro groups is 2. The molecule has 0 radical (unpaired) electrons. The Balaban J connectivity index is 1.79. The molecule has 0 aliphatic carbocycles. The van der Waals surface area contributed by atoms with Crippen LogP contribution < -0.4 is 9.46 Å². The summed E-state index contributed by atoms with van der Waals surface area (Å²) in [4.78, 5) is 28.8. The quantitative estimate of drug-likeness (QED) is 0.305.